The molecule has 0 saturated carbocycles. The molecule has 1 atom stereocenters. The van der Waals surface area contributed by atoms with Gasteiger partial charge in [0.1, 0.15) is 5.75 Å². The second kappa shape index (κ2) is 9.80. The number of carbonyl (C=O) groups is 1. The molecule has 152 valence electrons. The van der Waals surface area contributed by atoms with Gasteiger partial charge in [-0.1, -0.05) is 48.5 Å². The first-order valence-corrected chi connectivity index (χ1v) is 10.7. The molecule has 0 aliphatic heterocycles. The van der Waals surface area contributed by atoms with Crippen LogP contribution in [0.15, 0.2) is 53.7 Å². The first kappa shape index (κ1) is 21.2. The molecule has 6 nitrogen and oxygen atoms in total. The van der Waals surface area contributed by atoms with Crippen molar-refractivity contribution in [2.75, 3.05) is 11.1 Å². The van der Waals surface area contributed by atoms with Gasteiger partial charge in [0.2, 0.25) is 5.91 Å². The maximum absolute atomic E-state index is 12.2. The number of carbonyl (C=O) groups excluding carboxylic acids is 1. The summed E-state index contributed by atoms with van der Waals surface area (Å²) in [4.78, 5) is 12.2. The molecule has 0 bridgehead atoms. The van der Waals surface area contributed by atoms with E-state index >= 15 is 0 Å². The van der Waals surface area contributed by atoms with Gasteiger partial charge >= 0.3 is 0 Å². The van der Waals surface area contributed by atoms with Crippen molar-refractivity contribution < 1.29 is 9.53 Å². The number of nitrogens with zero attached hydrogens (tertiary/aromatic N) is 3. The zero-order valence-corrected chi connectivity index (χ0v) is 18.1. The summed E-state index contributed by atoms with van der Waals surface area (Å²) in [7, 11) is 1.86. The van der Waals surface area contributed by atoms with Crippen molar-refractivity contribution >= 4 is 35.0 Å². The van der Waals surface area contributed by atoms with Crippen molar-refractivity contribution in [3.63, 3.8) is 0 Å². The van der Waals surface area contributed by atoms with Gasteiger partial charge in [0.05, 0.1) is 5.75 Å². The van der Waals surface area contributed by atoms with Crippen LogP contribution in [-0.2, 0) is 18.3 Å². The highest BCUT2D eigenvalue weighted by atomic mass is 35.5. The first-order valence-electron chi connectivity index (χ1n) is 9.29. The minimum Gasteiger partial charge on any atom is -0.483 e. The second-order valence-electron chi connectivity index (χ2n) is 6.50. The van der Waals surface area contributed by atoms with Gasteiger partial charge < -0.3 is 14.6 Å². The maximum Gasteiger partial charge on any atom is 0.234 e. The molecule has 1 unspecified atom stereocenters. The Morgan fingerprint density at radius 2 is 2.00 bits per heavy atom. The molecule has 1 heterocycles. The van der Waals surface area contributed by atoms with Gasteiger partial charge in [0.15, 0.2) is 17.1 Å². The Labute approximate surface area is 179 Å². The van der Waals surface area contributed by atoms with Crippen molar-refractivity contribution in [2.45, 2.75) is 31.5 Å². The van der Waals surface area contributed by atoms with Gasteiger partial charge in [-0.2, -0.15) is 0 Å². The smallest absolute Gasteiger partial charge is 0.234 e. The molecule has 0 aliphatic carbocycles. The number of nitrogens with one attached hydrogen (secondary N) is 1. The van der Waals surface area contributed by atoms with Crippen LogP contribution < -0.4 is 10.1 Å². The number of ether oxygens (including phenoxy) is 1. The number of benzene rings is 2. The molecule has 3 aromatic rings. The van der Waals surface area contributed by atoms with Crippen LogP contribution in [0.4, 0.5) is 5.69 Å². The van der Waals surface area contributed by atoms with Gasteiger partial charge in [0.25, 0.3) is 0 Å². The number of anilines is 1. The minimum atomic E-state index is -0.314. The van der Waals surface area contributed by atoms with E-state index in [-0.39, 0.29) is 17.8 Å². The Balaban J connectivity index is 1.56. The molecule has 8 heteroatoms. The second-order valence-corrected chi connectivity index (χ2v) is 7.88. The summed E-state index contributed by atoms with van der Waals surface area (Å²) >= 11 is 7.33. The summed E-state index contributed by atoms with van der Waals surface area (Å²) in [6.45, 7) is 3.99. The molecular formula is C21H23ClN4O2S. The molecule has 2 aromatic carbocycles. The van der Waals surface area contributed by atoms with Gasteiger partial charge in [-0.25, -0.2) is 0 Å². The molecule has 1 N–H and O–H groups in total. The van der Waals surface area contributed by atoms with E-state index in [1.54, 1.807) is 12.1 Å². The summed E-state index contributed by atoms with van der Waals surface area (Å²) in [6.07, 6.45) is 0.657. The van der Waals surface area contributed by atoms with Crippen molar-refractivity contribution in [1.29, 1.82) is 0 Å². The lowest BCUT2D eigenvalue weighted by Crippen LogP contribution is -2.15. The van der Waals surface area contributed by atoms with E-state index in [1.807, 2.05) is 54.9 Å². The summed E-state index contributed by atoms with van der Waals surface area (Å²) in [5, 5.41) is 12.6. The van der Waals surface area contributed by atoms with E-state index < -0.39 is 0 Å². The fourth-order valence-corrected chi connectivity index (χ4v) is 3.65. The number of hydrogen-bond donors (Lipinski definition) is 1. The lowest BCUT2D eigenvalue weighted by molar-refractivity contribution is -0.113. The van der Waals surface area contributed by atoms with E-state index in [2.05, 4.69) is 22.4 Å². The molecule has 0 aliphatic rings. The summed E-state index contributed by atoms with van der Waals surface area (Å²) in [5.74, 6) is 1.48. The summed E-state index contributed by atoms with van der Waals surface area (Å²) in [5.41, 5.74) is 2.02. The average Bonchev–Trinajstić information content (AvgIpc) is 3.07. The molecule has 1 amide bonds. The van der Waals surface area contributed by atoms with Gasteiger partial charge in [-0.3, -0.25) is 4.79 Å². The van der Waals surface area contributed by atoms with Crippen molar-refractivity contribution in [2.24, 2.45) is 7.05 Å². The SMILES string of the molecule is CCc1ccc(NC(=O)CSc2nnc(C(C)Oc3cccc(Cl)c3)n2C)cc1. The Kier molecular flexibility index (Phi) is 7.17. The van der Waals surface area contributed by atoms with Crippen LogP contribution in [0.1, 0.15) is 31.3 Å². The third-order valence-corrected chi connectivity index (χ3v) is 5.57. The third-order valence-electron chi connectivity index (χ3n) is 4.32. The van der Waals surface area contributed by atoms with Crippen LogP contribution in [0.25, 0.3) is 0 Å². The van der Waals surface area contributed by atoms with Crippen LogP contribution in [0, 0.1) is 0 Å². The lowest BCUT2D eigenvalue weighted by Gasteiger charge is -2.14. The van der Waals surface area contributed by atoms with E-state index in [9.17, 15) is 4.79 Å². The first-order chi connectivity index (χ1) is 14.0. The zero-order valence-electron chi connectivity index (χ0n) is 16.6. The Morgan fingerprint density at radius 1 is 1.24 bits per heavy atom. The topological polar surface area (TPSA) is 69.0 Å². The zero-order chi connectivity index (χ0) is 20.8. The van der Waals surface area contributed by atoms with E-state index in [1.165, 1.54) is 17.3 Å². The molecule has 1 aromatic heterocycles. The van der Waals surface area contributed by atoms with Crippen LogP contribution in [0.2, 0.25) is 5.02 Å². The molecule has 0 radical (unpaired) electrons. The van der Waals surface area contributed by atoms with Crippen LogP contribution >= 0.6 is 23.4 Å². The number of aromatic nitrogens is 3. The number of hydrogen-bond acceptors (Lipinski definition) is 5. The molecule has 0 saturated heterocycles. The van der Waals surface area contributed by atoms with E-state index in [0.29, 0.717) is 21.8 Å². The summed E-state index contributed by atoms with van der Waals surface area (Å²) < 4.78 is 7.74. The molecular weight excluding hydrogens is 408 g/mol. The number of amides is 1. The third kappa shape index (κ3) is 5.74. The number of thioether (sulfide) groups is 1. The number of aryl methyl sites for hydroxylation is 1. The molecule has 3 rings (SSSR count). The highest BCUT2D eigenvalue weighted by Crippen LogP contribution is 2.25. The number of halogens is 1. The monoisotopic (exact) mass is 430 g/mol. The molecule has 0 fully saturated rings. The number of rotatable bonds is 8. The average molecular weight is 431 g/mol. The van der Waals surface area contributed by atoms with Crippen LogP contribution in [-0.4, -0.2) is 26.4 Å². The molecule has 29 heavy (non-hydrogen) atoms. The summed E-state index contributed by atoms with van der Waals surface area (Å²) in [6, 6.07) is 15.1. The minimum absolute atomic E-state index is 0.0907. The van der Waals surface area contributed by atoms with Gasteiger partial charge in [-0.05, 0) is 49.2 Å². The van der Waals surface area contributed by atoms with Crippen molar-refractivity contribution in [1.82, 2.24) is 14.8 Å². The van der Waals surface area contributed by atoms with E-state index in [0.717, 1.165) is 12.1 Å². The fourth-order valence-electron chi connectivity index (χ4n) is 2.75. The van der Waals surface area contributed by atoms with Crippen LogP contribution in [0.5, 0.6) is 5.75 Å². The highest BCUT2D eigenvalue weighted by molar-refractivity contribution is 7.99. The quantitative estimate of drug-likeness (QED) is 0.514. The Bertz CT molecular complexity index is 975. The Morgan fingerprint density at radius 3 is 2.69 bits per heavy atom. The van der Waals surface area contributed by atoms with Crippen molar-refractivity contribution in [3.05, 3.63) is 64.9 Å². The normalized spacial score (nSPS) is 11.9. The van der Waals surface area contributed by atoms with Gasteiger partial charge in [-0.15, -0.1) is 10.2 Å². The van der Waals surface area contributed by atoms with Crippen LogP contribution in [0.3, 0.4) is 0 Å². The molecule has 0 spiro atoms. The van der Waals surface area contributed by atoms with E-state index in [4.69, 9.17) is 16.3 Å². The lowest BCUT2D eigenvalue weighted by atomic mass is 10.1. The Hall–Kier alpha value is -2.51. The van der Waals surface area contributed by atoms with Crippen molar-refractivity contribution in [3.8, 4) is 5.75 Å². The fraction of sp³-hybridized carbons (Fsp3) is 0.286. The highest BCUT2D eigenvalue weighted by Gasteiger charge is 2.18. The standard InChI is InChI=1S/C21H23ClN4O2S/c1-4-15-8-10-17(11-9-15)23-19(27)13-29-21-25-24-20(26(21)3)14(2)28-18-7-5-6-16(22)12-18/h5-12,14H,4,13H2,1-3H3,(H,23,27). The predicted molar refractivity (Wildman–Crippen MR) is 117 cm³/mol. The maximum atomic E-state index is 12.2. The van der Waals surface area contributed by atoms with Gasteiger partial charge in [0, 0.05) is 17.8 Å². The largest absolute Gasteiger partial charge is 0.483 e. The predicted octanol–water partition coefficient (Wildman–Crippen LogP) is 4.90.